The van der Waals surface area contributed by atoms with Crippen molar-refractivity contribution in [3.05, 3.63) is 83.9 Å². The number of hydrogen-bond acceptors (Lipinski definition) is 7. The van der Waals surface area contributed by atoms with Gasteiger partial charge in [-0.25, -0.2) is 14.6 Å². The summed E-state index contributed by atoms with van der Waals surface area (Å²) in [6.07, 6.45) is -2.53. The summed E-state index contributed by atoms with van der Waals surface area (Å²) >= 11 is 0. The minimum atomic E-state index is -1.27. The molecule has 0 spiro atoms. The number of pyridine rings is 1. The van der Waals surface area contributed by atoms with E-state index in [1.165, 1.54) is 7.11 Å². The van der Waals surface area contributed by atoms with Crippen molar-refractivity contribution in [2.75, 3.05) is 14.2 Å². The number of aliphatic hydroxyl groups is 1. The number of carbonyl (C=O) groups is 3. The van der Waals surface area contributed by atoms with Crippen LogP contribution in [0.4, 0.5) is 9.59 Å². The van der Waals surface area contributed by atoms with Crippen LogP contribution in [0, 0.1) is 5.41 Å². The first-order valence-electron chi connectivity index (χ1n) is 14.4. The van der Waals surface area contributed by atoms with Crippen molar-refractivity contribution in [2.24, 2.45) is 5.41 Å². The maximum absolute atomic E-state index is 13.5. The summed E-state index contributed by atoms with van der Waals surface area (Å²) in [5.74, 6) is 0.0491. The Kier molecular flexibility index (Phi) is 12.1. The van der Waals surface area contributed by atoms with Crippen LogP contribution in [0.1, 0.15) is 38.3 Å². The van der Waals surface area contributed by atoms with Gasteiger partial charge in [0.15, 0.2) is 0 Å². The molecule has 3 aromatic rings. The fourth-order valence-corrected chi connectivity index (χ4v) is 4.88. The molecule has 0 unspecified atom stereocenters. The van der Waals surface area contributed by atoms with Gasteiger partial charge in [0.05, 0.1) is 32.1 Å². The molecule has 0 bridgehead atoms. The molecule has 0 aliphatic heterocycles. The average Bonchev–Trinajstić information content (AvgIpc) is 2.99. The molecule has 11 nitrogen and oxygen atoms in total. The average molecular weight is 607 g/mol. The quantitative estimate of drug-likeness (QED) is 0.194. The number of benzene rings is 2. The molecule has 0 saturated carbocycles. The van der Waals surface area contributed by atoms with Crippen LogP contribution in [0.25, 0.3) is 11.3 Å². The Hall–Kier alpha value is -4.64. The SMILES string of the molecule is COC(=O)N[C@H](C(=O)N[C@@H](Cc1ccccc1)C[C@@H](O)[C@H](Cc1ccc(-c2cccc(OC)n2)cc1)NC(=O)O)C(C)(C)C. The maximum atomic E-state index is 13.5. The molecule has 0 aliphatic carbocycles. The molecule has 0 radical (unpaired) electrons. The van der Waals surface area contributed by atoms with Crippen LogP contribution in [-0.2, 0) is 22.4 Å². The lowest BCUT2D eigenvalue weighted by molar-refractivity contribution is -0.126. The Morgan fingerprint density at radius 1 is 0.841 bits per heavy atom. The van der Waals surface area contributed by atoms with Crippen LogP contribution in [-0.4, -0.2) is 71.7 Å². The van der Waals surface area contributed by atoms with E-state index in [9.17, 15) is 24.6 Å². The first kappa shape index (κ1) is 33.9. The monoisotopic (exact) mass is 606 g/mol. The number of methoxy groups -OCH3 is 2. The molecule has 2 aromatic carbocycles. The van der Waals surface area contributed by atoms with Crippen molar-refractivity contribution in [3.63, 3.8) is 0 Å². The Labute approximate surface area is 258 Å². The summed E-state index contributed by atoms with van der Waals surface area (Å²) < 4.78 is 9.92. The maximum Gasteiger partial charge on any atom is 0.407 e. The van der Waals surface area contributed by atoms with E-state index in [0.717, 1.165) is 22.4 Å². The second kappa shape index (κ2) is 15.7. The second-order valence-corrected chi connectivity index (χ2v) is 11.7. The number of nitrogens with one attached hydrogen (secondary N) is 3. The van der Waals surface area contributed by atoms with Gasteiger partial charge >= 0.3 is 12.2 Å². The number of ether oxygens (including phenoxy) is 2. The Morgan fingerprint density at radius 2 is 1.50 bits per heavy atom. The lowest BCUT2D eigenvalue weighted by atomic mass is 9.85. The van der Waals surface area contributed by atoms with Crippen molar-refractivity contribution in [2.45, 2.75) is 64.3 Å². The first-order valence-corrected chi connectivity index (χ1v) is 14.4. The molecule has 5 N–H and O–H groups in total. The molecule has 44 heavy (non-hydrogen) atoms. The largest absolute Gasteiger partial charge is 0.481 e. The van der Waals surface area contributed by atoms with Crippen LogP contribution < -0.4 is 20.7 Å². The lowest BCUT2D eigenvalue weighted by Crippen LogP contribution is -2.56. The summed E-state index contributed by atoms with van der Waals surface area (Å²) in [6, 6.07) is 20.0. The Bertz CT molecular complexity index is 1380. The van der Waals surface area contributed by atoms with Crippen LogP contribution in [0.15, 0.2) is 72.8 Å². The summed E-state index contributed by atoms with van der Waals surface area (Å²) in [5.41, 5.74) is 2.66. The van der Waals surface area contributed by atoms with E-state index in [1.807, 2.05) is 87.5 Å². The summed E-state index contributed by atoms with van der Waals surface area (Å²) in [4.78, 5) is 41.6. The highest BCUT2D eigenvalue weighted by Gasteiger charge is 2.35. The van der Waals surface area contributed by atoms with Crippen molar-refractivity contribution in [1.29, 1.82) is 0 Å². The van der Waals surface area contributed by atoms with Crippen molar-refractivity contribution < 1.29 is 34.1 Å². The number of carbonyl (C=O) groups excluding carboxylic acids is 2. The molecular weight excluding hydrogens is 564 g/mol. The standard InChI is InChI=1S/C33H42N4O7/c1-33(2,3)29(37-32(42)44-5)30(39)34-24(18-21-10-7-6-8-11-21)20-27(38)26(36-31(40)41)19-22-14-16-23(17-15-22)25-12-9-13-28(35-25)43-4/h6-17,24,26-27,29,36,38H,18-20H2,1-5H3,(H,34,39)(H,37,42)(H,40,41)/t24-,26-,27+,29+/m0/s1. The molecule has 3 rings (SSSR count). The second-order valence-electron chi connectivity index (χ2n) is 11.7. The molecule has 236 valence electrons. The van der Waals surface area contributed by atoms with E-state index in [2.05, 4.69) is 20.9 Å². The predicted octanol–water partition coefficient (Wildman–Crippen LogP) is 4.19. The van der Waals surface area contributed by atoms with E-state index < -0.39 is 47.7 Å². The van der Waals surface area contributed by atoms with Gasteiger partial charge in [-0.2, -0.15) is 0 Å². The van der Waals surface area contributed by atoms with Gasteiger partial charge in [-0.05, 0) is 41.9 Å². The van der Waals surface area contributed by atoms with Gasteiger partial charge in [-0.1, -0.05) is 81.4 Å². The molecule has 3 amide bonds. The van der Waals surface area contributed by atoms with Gasteiger partial charge in [0, 0.05) is 17.7 Å². The topological polar surface area (TPSA) is 159 Å². The normalized spacial score (nSPS) is 14.0. The number of nitrogens with zero attached hydrogens (tertiary/aromatic N) is 1. The highest BCUT2D eigenvalue weighted by atomic mass is 16.5. The molecule has 11 heteroatoms. The number of alkyl carbamates (subject to hydrolysis) is 1. The van der Waals surface area contributed by atoms with Gasteiger partial charge in [0.1, 0.15) is 6.04 Å². The number of rotatable bonds is 13. The molecule has 1 heterocycles. The third-order valence-corrected chi connectivity index (χ3v) is 7.18. The highest BCUT2D eigenvalue weighted by Crippen LogP contribution is 2.23. The van der Waals surface area contributed by atoms with Gasteiger partial charge < -0.3 is 35.6 Å². The third-order valence-electron chi connectivity index (χ3n) is 7.18. The smallest absolute Gasteiger partial charge is 0.407 e. The van der Waals surface area contributed by atoms with Crippen LogP contribution in [0.5, 0.6) is 5.88 Å². The van der Waals surface area contributed by atoms with Gasteiger partial charge in [0.25, 0.3) is 0 Å². The van der Waals surface area contributed by atoms with Gasteiger partial charge in [-0.3, -0.25) is 4.79 Å². The number of carboxylic acid groups (broad SMARTS) is 1. The van der Waals surface area contributed by atoms with Crippen LogP contribution in [0.3, 0.4) is 0 Å². The first-order chi connectivity index (χ1) is 20.9. The summed E-state index contributed by atoms with van der Waals surface area (Å²) in [6.45, 7) is 5.45. The van der Waals surface area contributed by atoms with E-state index in [0.29, 0.717) is 12.3 Å². The van der Waals surface area contributed by atoms with E-state index in [1.54, 1.807) is 13.2 Å². The zero-order valence-electron chi connectivity index (χ0n) is 25.7. The van der Waals surface area contributed by atoms with Crippen molar-refractivity contribution in [3.8, 4) is 17.1 Å². The number of aromatic nitrogens is 1. The summed E-state index contributed by atoms with van der Waals surface area (Å²) in [7, 11) is 2.77. The molecule has 1 aromatic heterocycles. The number of amides is 3. The minimum Gasteiger partial charge on any atom is -0.481 e. The fourth-order valence-electron chi connectivity index (χ4n) is 4.88. The molecular formula is C33H42N4O7. The van der Waals surface area contributed by atoms with E-state index >= 15 is 0 Å². The summed E-state index contributed by atoms with van der Waals surface area (Å²) in [5, 5.41) is 29.0. The minimum absolute atomic E-state index is 0.0481. The zero-order valence-corrected chi connectivity index (χ0v) is 25.7. The molecule has 0 saturated heterocycles. The number of hydrogen-bond donors (Lipinski definition) is 5. The van der Waals surface area contributed by atoms with Crippen molar-refractivity contribution in [1.82, 2.24) is 20.9 Å². The Morgan fingerprint density at radius 3 is 2.09 bits per heavy atom. The predicted molar refractivity (Wildman–Crippen MR) is 166 cm³/mol. The zero-order chi connectivity index (χ0) is 32.3. The van der Waals surface area contributed by atoms with E-state index in [4.69, 9.17) is 9.47 Å². The van der Waals surface area contributed by atoms with Gasteiger partial charge in [-0.15, -0.1) is 0 Å². The van der Waals surface area contributed by atoms with Crippen molar-refractivity contribution >= 4 is 18.1 Å². The third kappa shape index (κ3) is 10.3. The number of aliphatic hydroxyl groups excluding tert-OH is 1. The highest BCUT2D eigenvalue weighted by molar-refractivity contribution is 5.86. The fraction of sp³-hybridized carbons (Fsp3) is 0.394. The van der Waals surface area contributed by atoms with E-state index in [-0.39, 0.29) is 12.8 Å². The molecule has 4 atom stereocenters. The van der Waals surface area contributed by atoms with Crippen LogP contribution in [0.2, 0.25) is 0 Å². The van der Waals surface area contributed by atoms with Gasteiger partial charge in [0.2, 0.25) is 11.8 Å². The Balaban J connectivity index is 1.81. The van der Waals surface area contributed by atoms with Crippen LogP contribution >= 0.6 is 0 Å². The molecule has 0 fully saturated rings. The lowest BCUT2D eigenvalue weighted by Gasteiger charge is -2.33. The molecule has 0 aliphatic rings.